The SMILES string of the molecule is N#C/C(=C\c1cc(I)cc(I)c1OCc1ccccc1F)C(=O)c1ccccc1. The maximum absolute atomic E-state index is 13.9. The number of nitriles is 1. The Morgan fingerprint density at radius 3 is 2.45 bits per heavy atom. The average Bonchev–Trinajstić information content (AvgIpc) is 2.72. The summed E-state index contributed by atoms with van der Waals surface area (Å²) >= 11 is 4.29. The van der Waals surface area contributed by atoms with Crippen LogP contribution < -0.4 is 4.74 Å². The van der Waals surface area contributed by atoms with Gasteiger partial charge in [-0.3, -0.25) is 4.79 Å². The molecule has 0 fully saturated rings. The third kappa shape index (κ3) is 5.42. The van der Waals surface area contributed by atoms with Gasteiger partial charge in [-0.05, 0) is 69.5 Å². The first-order chi connectivity index (χ1) is 14.0. The van der Waals surface area contributed by atoms with Crippen LogP contribution in [-0.2, 0) is 6.61 Å². The van der Waals surface area contributed by atoms with Gasteiger partial charge in [-0.15, -0.1) is 0 Å². The minimum absolute atomic E-state index is 0.00439. The minimum Gasteiger partial charge on any atom is -0.487 e. The zero-order chi connectivity index (χ0) is 20.8. The zero-order valence-corrected chi connectivity index (χ0v) is 19.3. The number of rotatable bonds is 6. The van der Waals surface area contributed by atoms with Gasteiger partial charge in [0.25, 0.3) is 0 Å². The largest absolute Gasteiger partial charge is 0.487 e. The smallest absolute Gasteiger partial charge is 0.203 e. The van der Waals surface area contributed by atoms with E-state index in [2.05, 4.69) is 45.2 Å². The monoisotopic (exact) mass is 609 g/mol. The molecule has 0 saturated heterocycles. The molecule has 0 spiro atoms. The summed E-state index contributed by atoms with van der Waals surface area (Å²) in [6.45, 7) is 0.0403. The van der Waals surface area contributed by atoms with Crippen LogP contribution in [0, 0.1) is 24.3 Å². The predicted octanol–water partition coefficient (Wildman–Crippen LogP) is 6.40. The summed E-state index contributed by atoms with van der Waals surface area (Å²) in [5.74, 6) is -0.202. The molecule has 0 N–H and O–H groups in total. The molecule has 0 heterocycles. The maximum atomic E-state index is 13.9. The summed E-state index contributed by atoms with van der Waals surface area (Å²) in [6.07, 6.45) is 1.52. The Hall–Kier alpha value is -2.25. The van der Waals surface area contributed by atoms with Gasteiger partial charge in [-0.25, -0.2) is 4.39 Å². The van der Waals surface area contributed by atoms with Crippen molar-refractivity contribution in [1.82, 2.24) is 0 Å². The molecule has 0 bridgehead atoms. The van der Waals surface area contributed by atoms with E-state index in [-0.39, 0.29) is 23.8 Å². The molecular weight excluding hydrogens is 595 g/mol. The van der Waals surface area contributed by atoms with Gasteiger partial charge in [-0.2, -0.15) is 5.26 Å². The van der Waals surface area contributed by atoms with E-state index in [4.69, 9.17) is 4.74 Å². The molecule has 0 amide bonds. The van der Waals surface area contributed by atoms with E-state index in [0.29, 0.717) is 22.4 Å². The highest BCUT2D eigenvalue weighted by atomic mass is 127. The molecule has 144 valence electrons. The van der Waals surface area contributed by atoms with E-state index < -0.39 is 0 Å². The van der Waals surface area contributed by atoms with E-state index in [0.717, 1.165) is 7.14 Å². The van der Waals surface area contributed by atoms with E-state index in [1.54, 1.807) is 42.5 Å². The first-order valence-electron chi connectivity index (χ1n) is 8.56. The van der Waals surface area contributed by atoms with Gasteiger partial charge < -0.3 is 4.74 Å². The van der Waals surface area contributed by atoms with Crippen LogP contribution >= 0.6 is 45.2 Å². The summed E-state index contributed by atoms with van der Waals surface area (Å²) in [5.41, 5.74) is 1.47. The number of nitrogens with zero attached hydrogens (tertiary/aromatic N) is 1. The Labute approximate surface area is 195 Å². The fraction of sp³-hybridized carbons (Fsp3) is 0.0435. The second kappa shape index (κ2) is 9.98. The molecule has 3 aromatic rings. The number of allylic oxidation sites excluding steroid dienone is 1. The normalized spacial score (nSPS) is 11.0. The first-order valence-corrected chi connectivity index (χ1v) is 10.7. The molecule has 0 aliphatic carbocycles. The lowest BCUT2D eigenvalue weighted by Gasteiger charge is -2.13. The van der Waals surface area contributed by atoms with Crippen LogP contribution in [-0.4, -0.2) is 5.78 Å². The zero-order valence-electron chi connectivity index (χ0n) is 15.0. The van der Waals surface area contributed by atoms with Gasteiger partial charge in [0.1, 0.15) is 29.8 Å². The summed E-state index contributed by atoms with van der Waals surface area (Å²) in [6, 6.07) is 20.8. The molecule has 0 aromatic heterocycles. The van der Waals surface area contributed by atoms with E-state index in [1.807, 2.05) is 24.3 Å². The summed E-state index contributed by atoms with van der Waals surface area (Å²) in [5, 5.41) is 9.56. The van der Waals surface area contributed by atoms with E-state index >= 15 is 0 Å². The van der Waals surface area contributed by atoms with Crippen LogP contribution in [0.4, 0.5) is 4.39 Å². The minimum atomic E-state index is -0.359. The quantitative estimate of drug-likeness (QED) is 0.141. The van der Waals surface area contributed by atoms with Crippen molar-refractivity contribution < 1.29 is 13.9 Å². The number of carbonyl (C=O) groups is 1. The molecule has 3 aromatic carbocycles. The molecule has 0 aliphatic rings. The molecule has 3 rings (SSSR count). The Morgan fingerprint density at radius 2 is 1.76 bits per heavy atom. The van der Waals surface area contributed by atoms with Gasteiger partial charge >= 0.3 is 0 Å². The molecule has 0 radical (unpaired) electrons. The van der Waals surface area contributed by atoms with Crippen LogP contribution in [0.1, 0.15) is 21.5 Å². The number of carbonyl (C=O) groups excluding carboxylic acids is 1. The van der Waals surface area contributed by atoms with Gasteiger partial charge in [-0.1, -0.05) is 48.5 Å². The van der Waals surface area contributed by atoms with Crippen molar-refractivity contribution in [1.29, 1.82) is 5.26 Å². The van der Waals surface area contributed by atoms with Crippen molar-refractivity contribution in [3.8, 4) is 11.8 Å². The third-order valence-corrected chi connectivity index (χ3v) is 5.49. The Balaban J connectivity index is 1.97. The summed E-state index contributed by atoms with van der Waals surface area (Å²) in [4.78, 5) is 12.7. The lowest BCUT2D eigenvalue weighted by atomic mass is 10.0. The van der Waals surface area contributed by atoms with Gasteiger partial charge in [0.05, 0.1) is 3.57 Å². The fourth-order valence-corrected chi connectivity index (χ4v) is 4.70. The van der Waals surface area contributed by atoms with Crippen molar-refractivity contribution >= 4 is 57.0 Å². The number of hydrogen-bond donors (Lipinski definition) is 0. The van der Waals surface area contributed by atoms with Crippen molar-refractivity contribution in [2.75, 3.05) is 0 Å². The molecule has 0 saturated carbocycles. The molecule has 29 heavy (non-hydrogen) atoms. The maximum Gasteiger partial charge on any atom is 0.203 e. The van der Waals surface area contributed by atoms with Crippen molar-refractivity contribution in [2.24, 2.45) is 0 Å². The average molecular weight is 609 g/mol. The Bertz CT molecular complexity index is 1120. The molecule has 0 aliphatic heterocycles. The van der Waals surface area contributed by atoms with E-state index in [1.165, 1.54) is 12.1 Å². The number of halogens is 3. The van der Waals surface area contributed by atoms with Crippen LogP contribution in [0.2, 0.25) is 0 Å². The summed E-state index contributed by atoms with van der Waals surface area (Å²) < 4.78 is 21.6. The number of ether oxygens (including phenoxy) is 1. The Morgan fingerprint density at radius 1 is 1.07 bits per heavy atom. The number of ketones is 1. The van der Waals surface area contributed by atoms with E-state index in [9.17, 15) is 14.4 Å². The lowest BCUT2D eigenvalue weighted by Crippen LogP contribution is -2.04. The first kappa shape index (κ1) is 21.5. The lowest BCUT2D eigenvalue weighted by molar-refractivity contribution is 0.104. The molecular formula is C23H14FI2NO2. The standard InChI is InChI=1S/C23H14FI2NO2/c24-20-9-5-4-8-16(20)14-29-23-17(11-19(25)12-21(23)26)10-18(13-27)22(28)15-6-2-1-3-7-15/h1-12H,14H2/b18-10+. The van der Waals surface area contributed by atoms with Crippen LogP contribution in [0.15, 0.2) is 72.3 Å². The van der Waals surface area contributed by atoms with Crippen molar-refractivity contribution in [2.45, 2.75) is 6.61 Å². The van der Waals surface area contributed by atoms with Crippen molar-refractivity contribution in [3.63, 3.8) is 0 Å². The molecule has 0 unspecified atom stereocenters. The second-order valence-corrected chi connectivity index (χ2v) is 8.46. The highest BCUT2D eigenvalue weighted by molar-refractivity contribution is 14.1. The predicted molar refractivity (Wildman–Crippen MR) is 127 cm³/mol. The fourth-order valence-electron chi connectivity index (χ4n) is 2.65. The van der Waals surface area contributed by atoms with Crippen LogP contribution in [0.3, 0.4) is 0 Å². The molecule has 3 nitrogen and oxygen atoms in total. The summed E-state index contributed by atoms with van der Waals surface area (Å²) in [7, 11) is 0. The van der Waals surface area contributed by atoms with Gasteiger partial charge in [0, 0.05) is 20.3 Å². The van der Waals surface area contributed by atoms with Gasteiger partial charge in [0.2, 0.25) is 5.78 Å². The molecule has 6 heteroatoms. The third-order valence-electron chi connectivity index (χ3n) is 4.07. The second-order valence-electron chi connectivity index (χ2n) is 6.05. The Kier molecular flexibility index (Phi) is 7.39. The molecule has 0 atom stereocenters. The topological polar surface area (TPSA) is 50.1 Å². The van der Waals surface area contributed by atoms with Gasteiger partial charge in [0.15, 0.2) is 0 Å². The van der Waals surface area contributed by atoms with Crippen molar-refractivity contribution in [3.05, 3.63) is 102 Å². The number of benzene rings is 3. The number of hydrogen-bond acceptors (Lipinski definition) is 3. The highest BCUT2D eigenvalue weighted by Crippen LogP contribution is 2.31. The van der Waals surface area contributed by atoms with Crippen LogP contribution in [0.5, 0.6) is 5.75 Å². The highest BCUT2D eigenvalue weighted by Gasteiger charge is 2.16. The van der Waals surface area contributed by atoms with Crippen LogP contribution in [0.25, 0.3) is 6.08 Å². The number of Topliss-reactive ketones (excluding diaryl/α,β-unsaturated/α-hetero) is 1.